The Balaban J connectivity index is 2.04. The Kier molecular flexibility index (Phi) is 4.76. The molecule has 0 amide bonds. The molecule has 0 saturated carbocycles. The standard InChI is InChI=1S/C14H23N5O/c1-10-7-5-6-8-11(10)9-20-14-17-12(15-2)16-13(18-14)19(3)4/h5-6,10-11H,7-9H2,1-4H3,(H,15,16,17,18). The topological polar surface area (TPSA) is 63.2 Å². The van der Waals surface area contributed by atoms with Crippen molar-refractivity contribution in [2.75, 3.05) is 38.0 Å². The van der Waals surface area contributed by atoms with Gasteiger partial charge in [0.05, 0.1) is 6.61 Å². The van der Waals surface area contributed by atoms with E-state index in [2.05, 4.69) is 39.3 Å². The van der Waals surface area contributed by atoms with Crippen molar-refractivity contribution >= 4 is 11.9 Å². The summed E-state index contributed by atoms with van der Waals surface area (Å²) in [6, 6.07) is 0.384. The summed E-state index contributed by atoms with van der Waals surface area (Å²) in [4.78, 5) is 14.7. The molecule has 0 saturated heterocycles. The Bertz CT molecular complexity index is 475. The van der Waals surface area contributed by atoms with E-state index in [0.717, 1.165) is 12.8 Å². The molecule has 1 aliphatic carbocycles. The first-order valence-electron chi connectivity index (χ1n) is 6.99. The molecular weight excluding hydrogens is 254 g/mol. The second-order valence-electron chi connectivity index (χ2n) is 5.38. The molecule has 2 atom stereocenters. The molecule has 1 heterocycles. The van der Waals surface area contributed by atoms with E-state index in [1.807, 2.05) is 19.0 Å². The second kappa shape index (κ2) is 6.54. The molecule has 1 aliphatic rings. The fourth-order valence-electron chi connectivity index (χ4n) is 2.14. The van der Waals surface area contributed by atoms with Crippen molar-refractivity contribution < 1.29 is 4.74 Å². The van der Waals surface area contributed by atoms with E-state index < -0.39 is 0 Å². The summed E-state index contributed by atoms with van der Waals surface area (Å²) in [6.45, 7) is 2.90. The average molecular weight is 277 g/mol. The number of rotatable bonds is 5. The van der Waals surface area contributed by atoms with E-state index >= 15 is 0 Å². The molecule has 0 aliphatic heterocycles. The highest BCUT2D eigenvalue weighted by molar-refractivity contribution is 5.36. The van der Waals surface area contributed by atoms with E-state index in [1.54, 1.807) is 7.05 Å². The minimum absolute atomic E-state index is 0.384. The van der Waals surface area contributed by atoms with Gasteiger partial charge in [0.2, 0.25) is 11.9 Å². The van der Waals surface area contributed by atoms with Crippen molar-refractivity contribution in [3.05, 3.63) is 12.2 Å². The lowest BCUT2D eigenvalue weighted by Gasteiger charge is -2.24. The minimum atomic E-state index is 0.384. The third kappa shape index (κ3) is 3.59. The van der Waals surface area contributed by atoms with E-state index in [4.69, 9.17) is 4.74 Å². The highest BCUT2D eigenvalue weighted by atomic mass is 16.5. The maximum atomic E-state index is 5.79. The Morgan fingerprint density at radius 3 is 2.65 bits per heavy atom. The number of anilines is 2. The fourth-order valence-corrected chi connectivity index (χ4v) is 2.14. The molecule has 0 bridgehead atoms. The van der Waals surface area contributed by atoms with Crippen LogP contribution in [0.3, 0.4) is 0 Å². The summed E-state index contributed by atoms with van der Waals surface area (Å²) in [5.41, 5.74) is 0. The lowest BCUT2D eigenvalue weighted by atomic mass is 9.85. The van der Waals surface area contributed by atoms with Crippen LogP contribution in [0.15, 0.2) is 12.2 Å². The van der Waals surface area contributed by atoms with Crippen molar-refractivity contribution in [3.63, 3.8) is 0 Å². The maximum absolute atomic E-state index is 5.79. The van der Waals surface area contributed by atoms with Gasteiger partial charge in [0.1, 0.15) is 0 Å². The zero-order chi connectivity index (χ0) is 14.5. The van der Waals surface area contributed by atoms with Crippen LogP contribution < -0.4 is 15.0 Å². The molecule has 0 fully saturated rings. The minimum Gasteiger partial charge on any atom is -0.463 e. The van der Waals surface area contributed by atoms with Crippen molar-refractivity contribution in [1.29, 1.82) is 0 Å². The van der Waals surface area contributed by atoms with Crippen LogP contribution in [0.1, 0.15) is 19.8 Å². The average Bonchev–Trinajstić information content (AvgIpc) is 2.46. The first kappa shape index (κ1) is 14.6. The molecular formula is C14H23N5O. The smallest absolute Gasteiger partial charge is 0.323 e. The molecule has 0 aromatic carbocycles. The Morgan fingerprint density at radius 1 is 1.25 bits per heavy atom. The van der Waals surface area contributed by atoms with Gasteiger partial charge in [-0.05, 0) is 24.7 Å². The Hall–Kier alpha value is -1.85. The molecule has 110 valence electrons. The molecule has 20 heavy (non-hydrogen) atoms. The van der Waals surface area contributed by atoms with Gasteiger partial charge in [-0.15, -0.1) is 0 Å². The predicted octanol–water partition coefficient (Wildman–Crippen LogP) is 1.96. The normalized spacial score (nSPS) is 21.6. The molecule has 6 heteroatoms. The highest BCUT2D eigenvalue weighted by Gasteiger charge is 2.19. The van der Waals surface area contributed by atoms with E-state index in [0.29, 0.717) is 36.3 Å². The monoisotopic (exact) mass is 277 g/mol. The largest absolute Gasteiger partial charge is 0.463 e. The SMILES string of the molecule is CNc1nc(OCC2CC=CCC2C)nc(N(C)C)n1. The summed E-state index contributed by atoms with van der Waals surface area (Å²) >= 11 is 0. The van der Waals surface area contributed by atoms with Gasteiger partial charge in [-0.1, -0.05) is 19.1 Å². The number of nitrogens with zero attached hydrogens (tertiary/aromatic N) is 4. The lowest BCUT2D eigenvalue weighted by Crippen LogP contribution is -2.22. The quantitative estimate of drug-likeness (QED) is 0.830. The van der Waals surface area contributed by atoms with Crippen molar-refractivity contribution in [2.45, 2.75) is 19.8 Å². The molecule has 0 spiro atoms. The van der Waals surface area contributed by atoms with Gasteiger partial charge in [0.15, 0.2) is 0 Å². The Labute approximate surface area is 120 Å². The van der Waals surface area contributed by atoms with E-state index in [-0.39, 0.29) is 0 Å². The lowest BCUT2D eigenvalue weighted by molar-refractivity contribution is 0.186. The van der Waals surface area contributed by atoms with Gasteiger partial charge < -0.3 is 15.0 Å². The molecule has 1 aromatic heterocycles. The van der Waals surface area contributed by atoms with Crippen LogP contribution in [-0.4, -0.2) is 42.7 Å². The molecule has 1 aromatic rings. The van der Waals surface area contributed by atoms with Crippen LogP contribution in [-0.2, 0) is 0 Å². The number of hydrogen-bond donors (Lipinski definition) is 1. The van der Waals surface area contributed by atoms with Gasteiger partial charge >= 0.3 is 6.01 Å². The van der Waals surface area contributed by atoms with Crippen LogP contribution in [0.4, 0.5) is 11.9 Å². The highest BCUT2D eigenvalue weighted by Crippen LogP contribution is 2.25. The van der Waals surface area contributed by atoms with Crippen LogP contribution in [0.5, 0.6) is 6.01 Å². The molecule has 2 rings (SSSR count). The van der Waals surface area contributed by atoms with Crippen LogP contribution in [0.2, 0.25) is 0 Å². The molecule has 1 N–H and O–H groups in total. The summed E-state index contributed by atoms with van der Waals surface area (Å²) < 4.78 is 5.79. The van der Waals surface area contributed by atoms with E-state index in [1.165, 1.54) is 0 Å². The summed E-state index contributed by atoms with van der Waals surface area (Å²) in [5.74, 6) is 2.28. The number of allylic oxidation sites excluding steroid dienone is 2. The molecule has 6 nitrogen and oxygen atoms in total. The summed E-state index contributed by atoms with van der Waals surface area (Å²) in [7, 11) is 5.58. The third-order valence-electron chi connectivity index (χ3n) is 3.57. The van der Waals surface area contributed by atoms with Gasteiger partial charge in [0, 0.05) is 21.1 Å². The summed E-state index contributed by atoms with van der Waals surface area (Å²) in [6.07, 6.45) is 6.65. The third-order valence-corrected chi connectivity index (χ3v) is 3.57. The van der Waals surface area contributed by atoms with Crippen molar-refractivity contribution in [1.82, 2.24) is 15.0 Å². The second-order valence-corrected chi connectivity index (χ2v) is 5.38. The van der Waals surface area contributed by atoms with E-state index in [9.17, 15) is 0 Å². The van der Waals surface area contributed by atoms with Gasteiger partial charge in [0.25, 0.3) is 0 Å². The van der Waals surface area contributed by atoms with Gasteiger partial charge in [-0.25, -0.2) is 0 Å². The van der Waals surface area contributed by atoms with Gasteiger partial charge in [-0.2, -0.15) is 15.0 Å². The van der Waals surface area contributed by atoms with Crippen molar-refractivity contribution in [3.8, 4) is 6.01 Å². The first-order valence-corrected chi connectivity index (χ1v) is 6.99. The summed E-state index contributed by atoms with van der Waals surface area (Å²) in [5, 5.41) is 2.93. The maximum Gasteiger partial charge on any atom is 0.323 e. The van der Waals surface area contributed by atoms with Gasteiger partial charge in [-0.3, -0.25) is 0 Å². The molecule has 0 radical (unpaired) electrons. The van der Waals surface area contributed by atoms with Crippen LogP contribution in [0, 0.1) is 11.8 Å². The predicted molar refractivity (Wildman–Crippen MR) is 80.2 cm³/mol. The first-order chi connectivity index (χ1) is 9.60. The van der Waals surface area contributed by atoms with Crippen LogP contribution in [0.25, 0.3) is 0 Å². The zero-order valence-corrected chi connectivity index (χ0v) is 12.6. The number of nitrogens with one attached hydrogen (secondary N) is 1. The Morgan fingerprint density at radius 2 is 2.00 bits per heavy atom. The number of ether oxygens (including phenoxy) is 1. The number of hydrogen-bond acceptors (Lipinski definition) is 6. The fraction of sp³-hybridized carbons (Fsp3) is 0.643. The number of aromatic nitrogens is 3. The van der Waals surface area contributed by atoms with Crippen molar-refractivity contribution in [2.24, 2.45) is 11.8 Å². The molecule has 2 unspecified atom stereocenters. The zero-order valence-electron chi connectivity index (χ0n) is 12.6. The van der Waals surface area contributed by atoms with Crippen LogP contribution >= 0.6 is 0 Å².